The lowest BCUT2D eigenvalue weighted by Crippen LogP contribution is -2.56. The summed E-state index contributed by atoms with van der Waals surface area (Å²) in [6, 6.07) is 16.2. The number of nitrogens with zero attached hydrogens (tertiary/aromatic N) is 4. The predicted octanol–water partition coefficient (Wildman–Crippen LogP) is 2.49. The van der Waals surface area contributed by atoms with Gasteiger partial charge in [-0.15, -0.1) is 0 Å². The molecule has 0 spiro atoms. The Bertz CT molecular complexity index is 1380. The molecule has 0 aliphatic carbocycles. The minimum Gasteiger partial charge on any atom is -0.480 e. The van der Waals surface area contributed by atoms with Crippen LogP contribution >= 0.6 is 0 Å². The van der Waals surface area contributed by atoms with Crippen LogP contribution in [0, 0.1) is 0 Å². The van der Waals surface area contributed by atoms with Gasteiger partial charge in [0.2, 0.25) is 11.8 Å². The Balaban J connectivity index is 1.55. The molecule has 1 aliphatic rings. The van der Waals surface area contributed by atoms with E-state index in [0.717, 1.165) is 39.9 Å². The van der Waals surface area contributed by atoms with Gasteiger partial charge in [-0.3, -0.25) is 29.7 Å². The van der Waals surface area contributed by atoms with Gasteiger partial charge in [0.05, 0.1) is 13.1 Å². The number of hydrazine groups is 1. The van der Waals surface area contributed by atoms with Crippen molar-refractivity contribution in [2.24, 2.45) is 0 Å². The van der Waals surface area contributed by atoms with Gasteiger partial charge in [0.25, 0.3) is 5.91 Å². The molecule has 41 heavy (non-hydrogen) atoms. The van der Waals surface area contributed by atoms with Crippen LogP contribution in [0.15, 0.2) is 67.0 Å². The number of likely N-dealkylation sites (tertiary alicyclic amines) is 1. The Morgan fingerprint density at radius 3 is 2.54 bits per heavy atom. The molecule has 2 atom stereocenters. The Labute approximate surface area is 239 Å². The summed E-state index contributed by atoms with van der Waals surface area (Å²) in [6.07, 6.45) is 4.93. The molecule has 4 rings (SSSR count). The van der Waals surface area contributed by atoms with Crippen LogP contribution in [0.2, 0.25) is 0 Å². The van der Waals surface area contributed by atoms with Crippen molar-refractivity contribution in [3.8, 4) is 0 Å². The van der Waals surface area contributed by atoms with E-state index in [9.17, 15) is 24.3 Å². The van der Waals surface area contributed by atoms with Crippen molar-refractivity contribution in [2.75, 3.05) is 31.5 Å². The van der Waals surface area contributed by atoms with E-state index < -0.39 is 23.8 Å². The number of aliphatic carboxylic acids is 1. The van der Waals surface area contributed by atoms with Crippen LogP contribution in [0.5, 0.6) is 0 Å². The largest absolute Gasteiger partial charge is 0.480 e. The molecule has 3 aromatic rings. The average molecular weight is 561 g/mol. The summed E-state index contributed by atoms with van der Waals surface area (Å²) in [6.45, 7) is 3.99. The van der Waals surface area contributed by atoms with Gasteiger partial charge >= 0.3 is 5.97 Å². The van der Waals surface area contributed by atoms with E-state index in [2.05, 4.69) is 15.7 Å². The second-order valence-electron chi connectivity index (χ2n) is 10.2. The number of carboxylic acid groups (broad SMARTS) is 1. The number of carbonyl (C=O) groups is 4. The molecular weight excluding hydrogens is 524 g/mol. The fraction of sp³-hybridized carbons (Fsp3) is 0.367. The molecule has 3 amide bonds. The van der Waals surface area contributed by atoms with Crippen LogP contribution in [0.4, 0.5) is 5.69 Å². The first kappa shape index (κ1) is 29.5. The fourth-order valence-electron chi connectivity index (χ4n) is 5.18. The summed E-state index contributed by atoms with van der Waals surface area (Å²) in [7, 11) is 0. The zero-order valence-corrected chi connectivity index (χ0v) is 23.3. The molecule has 1 aliphatic heterocycles. The number of rotatable bonds is 11. The maximum Gasteiger partial charge on any atom is 0.328 e. The summed E-state index contributed by atoms with van der Waals surface area (Å²) < 4.78 is 0. The van der Waals surface area contributed by atoms with Crippen LogP contribution in [0.1, 0.15) is 32.3 Å². The van der Waals surface area contributed by atoms with Crippen molar-refractivity contribution >= 4 is 40.2 Å². The third-order valence-electron chi connectivity index (χ3n) is 7.21. The topological polar surface area (TPSA) is 135 Å². The minimum absolute atomic E-state index is 0.0416. The third-order valence-corrected chi connectivity index (χ3v) is 7.21. The summed E-state index contributed by atoms with van der Waals surface area (Å²) in [5, 5.41) is 15.7. The standard InChI is InChI=1S/C30H36N6O5/c1-21(30(40)41)36(33-22(2)37)29(39)20-34(18-24-9-5-8-23-7-3-4-11-27(23)24)19-26-10-6-16-35(26)28(38)17-32-25-12-14-31-15-13-25/h3-5,7-9,11-15,21,26H,6,10,16-20H2,1-2H3,(H,31,32)(H,33,37)(H,40,41)/t21-,26-/m0/s1. The molecule has 11 heteroatoms. The number of carbonyl (C=O) groups excluding carboxylic acids is 3. The maximum absolute atomic E-state index is 13.4. The van der Waals surface area contributed by atoms with Gasteiger partial charge in [-0.25, -0.2) is 9.80 Å². The summed E-state index contributed by atoms with van der Waals surface area (Å²) in [5.74, 6) is -2.37. The van der Waals surface area contributed by atoms with Crippen LogP contribution < -0.4 is 10.7 Å². The predicted molar refractivity (Wildman–Crippen MR) is 154 cm³/mol. The van der Waals surface area contributed by atoms with Crippen molar-refractivity contribution in [1.82, 2.24) is 25.2 Å². The van der Waals surface area contributed by atoms with E-state index >= 15 is 0 Å². The van der Waals surface area contributed by atoms with Crippen molar-refractivity contribution in [3.05, 3.63) is 72.6 Å². The number of benzene rings is 2. The van der Waals surface area contributed by atoms with Gasteiger partial charge in [0, 0.05) is 50.7 Å². The zero-order chi connectivity index (χ0) is 29.4. The van der Waals surface area contributed by atoms with E-state index in [1.165, 1.54) is 13.8 Å². The number of nitrogens with one attached hydrogen (secondary N) is 2. The molecule has 216 valence electrons. The monoisotopic (exact) mass is 560 g/mol. The smallest absolute Gasteiger partial charge is 0.328 e. The van der Waals surface area contributed by atoms with Crippen molar-refractivity contribution in [1.29, 1.82) is 0 Å². The van der Waals surface area contributed by atoms with Crippen molar-refractivity contribution in [3.63, 3.8) is 0 Å². The molecule has 2 heterocycles. The number of hydrogen-bond acceptors (Lipinski definition) is 7. The minimum atomic E-state index is -1.25. The molecule has 1 aromatic heterocycles. The van der Waals surface area contributed by atoms with Crippen molar-refractivity contribution < 1.29 is 24.3 Å². The molecule has 0 radical (unpaired) electrons. The second-order valence-corrected chi connectivity index (χ2v) is 10.2. The molecule has 1 fully saturated rings. The summed E-state index contributed by atoms with van der Waals surface area (Å²) in [4.78, 5) is 57.9. The van der Waals surface area contributed by atoms with E-state index in [-0.39, 0.29) is 25.0 Å². The number of amides is 3. The lowest BCUT2D eigenvalue weighted by Gasteiger charge is -2.33. The summed E-state index contributed by atoms with van der Waals surface area (Å²) >= 11 is 0. The quantitative estimate of drug-likeness (QED) is 0.305. The molecular formula is C30H36N6O5. The molecule has 2 aromatic carbocycles. The molecule has 0 saturated carbocycles. The van der Waals surface area contributed by atoms with Gasteiger partial charge < -0.3 is 15.3 Å². The Kier molecular flexibility index (Phi) is 9.86. The number of pyridine rings is 1. The SMILES string of the molecule is CC(=O)NN(C(=O)CN(Cc1cccc2ccccc12)C[C@@H]1CCCN1C(=O)CNc1ccncc1)[C@@H](C)C(=O)O. The van der Waals surface area contributed by atoms with Gasteiger partial charge in [-0.2, -0.15) is 0 Å². The molecule has 0 unspecified atom stereocenters. The Morgan fingerprint density at radius 1 is 1.07 bits per heavy atom. The van der Waals surface area contributed by atoms with Crippen LogP contribution in [0.25, 0.3) is 10.8 Å². The molecule has 11 nitrogen and oxygen atoms in total. The van der Waals surface area contributed by atoms with Gasteiger partial charge in [0.1, 0.15) is 6.04 Å². The number of fused-ring (bicyclic) bond motifs is 1. The van der Waals surface area contributed by atoms with Gasteiger partial charge in [-0.1, -0.05) is 42.5 Å². The van der Waals surface area contributed by atoms with E-state index in [1.54, 1.807) is 24.5 Å². The van der Waals surface area contributed by atoms with E-state index in [1.807, 2.05) is 52.3 Å². The van der Waals surface area contributed by atoms with E-state index in [4.69, 9.17) is 0 Å². The highest BCUT2D eigenvalue weighted by molar-refractivity contribution is 5.88. The van der Waals surface area contributed by atoms with Gasteiger partial charge in [0.15, 0.2) is 0 Å². The van der Waals surface area contributed by atoms with Crippen LogP contribution in [-0.4, -0.2) is 86.9 Å². The Morgan fingerprint density at radius 2 is 1.80 bits per heavy atom. The highest BCUT2D eigenvalue weighted by Gasteiger charge is 2.33. The fourth-order valence-corrected chi connectivity index (χ4v) is 5.18. The number of hydrogen-bond donors (Lipinski definition) is 3. The van der Waals surface area contributed by atoms with Crippen LogP contribution in [0.3, 0.4) is 0 Å². The zero-order valence-electron chi connectivity index (χ0n) is 23.3. The van der Waals surface area contributed by atoms with E-state index in [0.29, 0.717) is 19.6 Å². The van der Waals surface area contributed by atoms with Gasteiger partial charge in [-0.05, 0) is 48.2 Å². The maximum atomic E-state index is 13.4. The normalized spacial score (nSPS) is 15.5. The third kappa shape index (κ3) is 7.79. The molecule has 0 bridgehead atoms. The second kappa shape index (κ2) is 13.7. The lowest BCUT2D eigenvalue weighted by atomic mass is 10.0. The average Bonchev–Trinajstić information content (AvgIpc) is 3.43. The first-order valence-electron chi connectivity index (χ1n) is 13.7. The molecule has 3 N–H and O–H groups in total. The highest BCUT2D eigenvalue weighted by atomic mass is 16.4. The van der Waals surface area contributed by atoms with Crippen LogP contribution in [-0.2, 0) is 25.7 Å². The lowest BCUT2D eigenvalue weighted by molar-refractivity contribution is -0.155. The number of carboxylic acids is 1. The number of anilines is 1. The first-order valence-corrected chi connectivity index (χ1v) is 13.7. The van der Waals surface area contributed by atoms with Crippen molar-refractivity contribution in [2.45, 2.75) is 45.3 Å². The highest BCUT2D eigenvalue weighted by Crippen LogP contribution is 2.23. The molecule has 1 saturated heterocycles. The first-order chi connectivity index (χ1) is 19.7. The summed E-state index contributed by atoms with van der Waals surface area (Å²) in [5.41, 5.74) is 4.18. The number of aromatic nitrogens is 1. The Hall–Kier alpha value is -4.51.